The zero-order valence-corrected chi connectivity index (χ0v) is 14.5. The summed E-state index contributed by atoms with van der Waals surface area (Å²) in [6, 6.07) is 4.48. The van der Waals surface area contributed by atoms with Crippen LogP contribution in [0.3, 0.4) is 0 Å². The van der Waals surface area contributed by atoms with Crippen LogP contribution < -0.4 is 0 Å². The van der Waals surface area contributed by atoms with Crippen molar-refractivity contribution in [1.82, 2.24) is 9.78 Å². The van der Waals surface area contributed by atoms with E-state index in [2.05, 4.69) is 5.10 Å². The average molecular weight is 362 g/mol. The Balaban J connectivity index is 1.95. The summed E-state index contributed by atoms with van der Waals surface area (Å²) < 4.78 is 7.39. The predicted octanol–water partition coefficient (Wildman–Crippen LogP) is 0.928. The molecule has 140 valence electrons. The molecule has 1 aromatic carbocycles. The fourth-order valence-corrected chi connectivity index (χ4v) is 3.29. The highest BCUT2D eigenvalue weighted by atomic mass is 16.5. The highest BCUT2D eigenvalue weighted by Gasteiger charge is 2.39. The largest absolute Gasteiger partial charge is 0.492 e. The maximum atomic E-state index is 11.1. The van der Waals surface area contributed by atoms with E-state index in [4.69, 9.17) is 14.9 Å². The van der Waals surface area contributed by atoms with Gasteiger partial charge in [0.15, 0.2) is 0 Å². The van der Waals surface area contributed by atoms with Gasteiger partial charge < -0.3 is 25.2 Å². The van der Waals surface area contributed by atoms with Crippen LogP contribution >= 0.6 is 0 Å². The molecule has 1 aromatic heterocycles. The summed E-state index contributed by atoms with van der Waals surface area (Å²) >= 11 is 0. The minimum atomic E-state index is -1.30. The zero-order valence-electron chi connectivity index (χ0n) is 14.5. The standard InChI is InChI=1S/C18H22N2O6/c1-9-5-14(10(2)17(26-9)16(23)15(22)8-21)20-7-12-4-3-11(18(24)25)6-13(12)19-20/h3-7,10,14-17,21-23H,8H2,1-2H3,(H,24,25)/t10-,14+,15?,16?,17-/m1/s1. The molecule has 4 N–H and O–H groups in total. The van der Waals surface area contributed by atoms with Gasteiger partial charge >= 0.3 is 5.97 Å². The van der Waals surface area contributed by atoms with Crippen LogP contribution in [0.5, 0.6) is 0 Å². The van der Waals surface area contributed by atoms with E-state index in [1.807, 2.05) is 19.2 Å². The Morgan fingerprint density at radius 3 is 2.77 bits per heavy atom. The smallest absolute Gasteiger partial charge is 0.335 e. The van der Waals surface area contributed by atoms with E-state index in [1.54, 1.807) is 17.7 Å². The molecular formula is C18H22N2O6. The van der Waals surface area contributed by atoms with Crippen LogP contribution in [0, 0.1) is 5.92 Å². The number of allylic oxidation sites excluding steroid dienone is 2. The van der Waals surface area contributed by atoms with E-state index in [0.29, 0.717) is 11.3 Å². The van der Waals surface area contributed by atoms with Gasteiger partial charge in [-0.3, -0.25) is 4.68 Å². The summed E-state index contributed by atoms with van der Waals surface area (Å²) in [4.78, 5) is 11.1. The van der Waals surface area contributed by atoms with Gasteiger partial charge in [-0.15, -0.1) is 0 Å². The Morgan fingerprint density at radius 2 is 2.12 bits per heavy atom. The molecule has 3 rings (SSSR count). The molecule has 0 spiro atoms. The molecule has 8 nitrogen and oxygen atoms in total. The Morgan fingerprint density at radius 1 is 1.38 bits per heavy atom. The quantitative estimate of drug-likeness (QED) is 0.623. The second-order valence-corrected chi connectivity index (χ2v) is 6.64. The van der Waals surface area contributed by atoms with Crippen molar-refractivity contribution in [1.29, 1.82) is 0 Å². The number of aromatic nitrogens is 2. The topological polar surface area (TPSA) is 125 Å². The van der Waals surface area contributed by atoms with Gasteiger partial charge in [-0.25, -0.2) is 4.79 Å². The van der Waals surface area contributed by atoms with Crippen molar-refractivity contribution >= 4 is 16.9 Å². The van der Waals surface area contributed by atoms with Gasteiger partial charge in [-0.2, -0.15) is 5.10 Å². The molecule has 0 saturated heterocycles. The number of aliphatic hydroxyl groups excluding tert-OH is 3. The highest BCUT2D eigenvalue weighted by Crippen LogP contribution is 2.34. The van der Waals surface area contributed by atoms with E-state index in [0.717, 1.165) is 5.39 Å². The van der Waals surface area contributed by atoms with Crippen LogP contribution in [0.4, 0.5) is 0 Å². The Hall–Kier alpha value is -2.42. The van der Waals surface area contributed by atoms with Gasteiger partial charge in [-0.1, -0.05) is 13.0 Å². The van der Waals surface area contributed by atoms with E-state index in [-0.39, 0.29) is 17.5 Å². The summed E-state index contributed by atoms with van der Waals surface area (Å²) in [5, 5.41) is 43.5. The van der Waals surface area contributed by atoms with Crippen LogP contribution in [-0.4, -0.2) is 61.1 Å². The average Bonchev–Trinajstić information content (AvgIpc) is 3.04. The van der Waals surface area contributed by atoms with Gasteiger partial charge in [0.1, 0.15) is 18.3 Å². The molecule has 0 radical (unpaired) electrons. The number of fused-ring (bicyclic) bond motifs is 1. The van der Waals surface area contributed by atoms with Gasteiger partial charge in [0.2, 0.25) is 0 Å². The number of carbonyl (C=O) groups is 1. The van der Waals surface area contributed by atoms with Crippen LogP contribution in [0.1, 0.15) is 30.2 Å². The van der Waals surface area contributed by atoms with Crippen LogP contribution in [0.25, 0.3) is 10.9 Å². The third kappa shape index (κ3) is 3.31. The number of aromatic carboxylic acids is 1. The van der Waals surface area contributed by atoms with Crippen LogP contribution in [-0.2, 0) is 4.74 Å². The number of benzene rings is 1. The fourth-order valence-electron chi connectivity index (χ4n) is 3.29. The van der Waals surface area contributed by atoms with Gasteiger partial charge in [0, 0.05) is 17.5 Å². The van der Waals surface area contributed by atoms with Crippen molar-refractivity contribution < 1.29 is 30.0 Å². The van der Waals surface area contributed by atoms with Crippen molar-refractivity contribution in [3.63, 3.8) is 0 Å². The Bertz CT molecular complexity index is 845. The third-order valence-electron chi connectivity index (χ3n) is 4.78. The molecule has 0 amide bonds. The Labute approximate surface area is 149 Å². The number of carboxylic acids is 1. The van der Waals surface area contributed by atoms with E-state index in [1.165, 1.54) is 12.1 Å². The molecular weight excluding hydrogens is 340 g/mol. The number of ether oxygens (including phenoxy) is 1. The van der Waals surface area contributed by atoms with Crippen molar-refractivity contribution in [2.45, 2.75) is 38.2 Å². The lowest BCUT2D eigenvalue weighted by molar-refractivity contribution is -0.113. The lowest BCUT2D eigenvalue weighted by Crippen LogP contribution is -2.47. The minimum absolute atomic E-state index is 0.161. The summed E-state index contributed by atoms with van der Waals surface area (Å²) in [6.07, 6.45) is 0.411. The van der Waals surface area contributed by atoms with Crippen molar-refractivity contribution in [3.05, 3.63) is 41.8 Å². The van der Waals surface area contributed by atoms with Crippen molar-refractivity contribution in [3.8, 4) is 0 Å². The number of aliphatic hydroxyl groups is 3. The first-order valence-corrected chi connectivity index (χ1v) is 8.36. The highest BCUT2D eigenvalue weighted by molar-refractivity contribution is 5.92. The van der Waals surface area contributed by atoms with Crippen LogP contribution in [0.2, 0.25) is 0 Å². The van der Waals surface area contributed by atoms with Crippen molar-refractivity contribution in [2.24, 2.45) is 5.92 Å². The first-order valence-electron chi connectivity index (χ1n) is 8.36. The monoisotopic (exact) mass is 362 g/mol. The van der Waals surface area contributed by atoms with Gasteiger partial charge in [-0.05, 0) is 25.1 Å². The maximum absolute atomic E-state index is 11.1. The molecule has 2 aromatic rings. The van der Waals surface area contributed by atoms with E-state index >= 15 is 0 Å². The minimum Gasteiger partial charge on any atom is -0.492 e. The Kier molecular flexibility index (Phi) is 4.99. The summed E-state index contributed by atoms with van der Waals surface area (Å²) in [5.74, 6) is -0.686. The summed E-state index contributed by atoms with van der Waals surface area (Å²) in [6.45, 7) is 3.04. The number of hydrogen-bond acceptors (Lipinski definition) is 6. The lowest BCUT2D eigenvalue weighted by Gasteiger charge is -2.38. The zero-order chi connectivity index (χ0) is 19.0. The summed E-state index contributed by atoms with van der Waals surface area (Å²) in [7, 11) is 0. The number of hydrogen-bond donors (Lipinski definition) is 4. The molecule has 26 heavy (non-hydrogen) atoms. The molecule has 1 aliphatic rings. The molecule has 0 aliphatic carbocycles. The molecule has 5 atom stereocenters. The van der Waals surface area contributed by atoms with E-state index < -0.39 is 30.9 Å². The second-order valence-electron chi connectivity index (χ2n) is 6.64. The number of rotatable bonds is 5. The molecule has 8 heteroatoms. The normalized spacial score (nSPS) is 25.4. The SMILES string of the molecule is CC1=C[C@H](n2cc3ccc(C(=O)O)cc3n2)[C@@H](C)[C@H](C(O)C(O)CO)O1. The summed E-state index contributed by atoms with van der Waals surface area (Å²) in [5.41, 5.74) is 0.719. The first kappa shape index (κ1) is 18.4. The van der Waals surface area contributed by atoms with Crippen molar-refractivity contribution in [2.75, 3.05) is 6.61 Å². The first-order chi connectivity index (χ1) is 12.3. The molecule has 0 bridgehead atoms. The maximum Gasteiger partial charge on any atom is 0.335 e. The lowest BCUT2D eigenvalue weighted by atomic mass is 9.87. The molecule has 2 unspecified atom stereocenters. The number of carboxylic acid groups (broad SMARTS) is 1. The number of nitrogens with zero attached hydrogens (tertiary/aromatic N) is 2. The molecule has 1 aliphatic heterocycles. The van der Waals surface area contributed by atoms with Gasteiger partial charge in [0.05, 0.1) is 29.5 Å². The third-order valence-corrected chi connectivity index (χ3v) is 4.78. The molecule has 0 fully saturated rings. The van der Waals surface area contributed by atoms with Crippen LogP contribution in [0.15, 0.2) is 36.2 Å². The fraction of sp³-hybridized carbons (Fsp3) is 0.444. The molecule has 2 heterocycles. The second kappa shape index (κ2) is 7.06. The van der Waals surface area contributed by atoms with E-state index in [9.17, 15) is 15.0 Å². The van der Waals surface area contributed by atoms with Gasteiger partial charge in [0.25, 0.3) is 0 Å². The molecule has 0 saturated carbocycles. The predicted molar refractivity (Wildman–Crippen MR) is 92.6 cm³/mol.